The maximum Gasteiger partial charge on any atom is 0.410 e. The number of imidazole rings is 1. The van der Waals surface area contributed by atoms with Crippen LogP contribution in [0.3, 0.4) is 0 Å². The summed E-state index contributed by atoms with van der Waals surface area (Å²) in [5.41, 5.74) is 2.99. The van der Waals surface area contributed by atoms with Crippen LogP contribution in [0.1, 0.15) is 56.6 Å². The molecule has 0 saturated carbocycles. The molecule has 250 valence electrons. The van der Waals surface area contributed by atoms with Gasteiger partial charge in [-0.2, -0.15) is 4.68 Å². The predicted octanol–water partition coefficient (Wildman–Crippen LogP) is 5.15. The van der Waals surface area contributed by atoms with E-state index in [1.807, 2.05) is 52.0 Å². The highest BCUT2D eigenvalue weighted by Gasteiger charge is 2.48. The molecule has 2 aromatic heterocycles. The zero-order valence-electron chi connectivity index (χ0n) is 26.9. The lowest BCUT2D eigenvalue weighted by Crippen LogP contribution is -2.52. The number of rotatable bonds is 8. The molecule has 0 spiro atoms. The van der Waals surface area contributed by atoms with Crippen molar-refractivity contribution in [2.24, 2.45) is 0 Å². The molecule has 6 rings (SSSR count). The van der Waals surface area contributed by atoms with Gasteiger partial charge in [-0.25, -0.2) is 9.78 Å². The summed E-state index contributed by atoms with van der Waals surface area (Å²) in [7, 11) is 0. The Morgan fingerprint density at radius 1 is 1.08 bits per heavy atom. The molecule has 3 amide bonds. The lowest BCUT2D eigenvalue weighted by atomic mass is 10.1. The van der Waals surface area contributed by atoms with Gasteiger partial charge in [-0.1, -0.05) is 53.0 Å². The molecule has 0 radical (unpaired) electrons. The zero-order chi connectivity index (χ0) is 34.2. The number of benzene rings is 2. The summed E-state index contributed by atoms with van der Waals surface area (Å²) >= 11 is 12.9. The number of aromatic nitrogens is 6. The predicted molar refractivity (Wildman–Crippen MR) is 179 cm³/mol. The van der Waals surface area contributed by atoms with Crippen molar-refractivity contribution in [1.82, 2.24) is 45.3 Å². The van der Waals surface area contributed by atoms with E-state index in [4.69, 9.17) is 32.9 Å². The van der Waals surface area contributed by atoms with E-state index in [0.29, 0.717) is 47.3 Å². The van der Waals surface area contributed by atoms with Gasteiger partial charge >= 0.3 is 6.09 Å². The van der Waals surface area contributed by atoms with Crippen LogP contribution >= 0.6 is 23.2 Å². The van der Waals surface area contributed by atoms with E-state index in [-0.39, 0.29) is 35.7 Å². The lowest BCUT2D eigenvalue weighted by Gasteiger charge is -2.35. The van der Waals surface area contributed by atoms with Crippen LogP contribution < -0.4 is 5.32 Å². The number of H-pyrrole nitrogens is 1. The molecule has 48 heavy (non-hydrogen) atoms. The third kappa shape index (κ3) is 7.37. The number of aryl methyl sites for hydroxylation is 1. The number of hydrogen-bond donors (Lipinski definition) is 2. The number of carbonyl (C=O) groups is 3. The van der Waals surface area contributed by atoms with E-state index in [1.54, 1.807) is 34.1 Å². The minimum Gasteiger partial charge on any atom is -0.444 e. The van der Waals surface area contributed by atoms with Gasteiger partial charge in [-0.15, -0.1) is 5.10 Å². The maximum absolute atomic E-state index is 13.8. The number of nitrogens with one attached hydrogen (secondary N) is 2. The molecule has 4 aromatic rings. The first kappa shape index (κ1) is 33.2. The molecule has 2 N–H and O–H groups in total. The van der Waals surface area contributed by atoms with Crippen LogP contribution in [-0.4, -0.2) is 88.7 Å². The average molecular weight is 693 g/mol. The number of fused-ring (bicyclic) bond motifs is 2. The summed E-state index contributed by atoms with van der Waals surface area (Å²) < 4.78 is 7.03. The first-order valence-electron chi connectivity index (χ1n) is 15.5. The molecule has 0 aliphatic carbocycles. The molecule has 2 aromatic carbocycles. The molecule has 2 saturated heterocycles. The van der Waals surface area contributed by atoms with Crippen molar-refractivity contribution < 1.29 is 19.1 Å². The Morgan fingerprint density at radius 3 is 2.48 bits per heavy atom. The van der Waals surface area contributed by atoms with E-state index in [1.165, 1.54) is 17.1 Å². The maximum atomic E-state index is 13.8. The van der Waals surface area contributed by atoms with Crippen molar-refractivity contribution in [3.63, 3.8) is 0 Å². The number of ether oxygens (including phenoxy) is 1. The highest BCUT2D eigenvalue weighted by Crippen LogP contribution is 2.34. The summed E-state index contributed by atoms with van der Waals surface area (Å²) in [5.74, 6) is -0.317. The fourth-order valence-electron chi connectivity index (χ4n) is 5.99. The van der Waals surface area contributed by atoms with Crippen molar-refractivity contribution >= 4 is 47.2 Å². The Balaban J connectivity index is 1.22. The first-order chi connectivity index (χ1) is 22.8. The van der Waals surface area contributed by atoms with Gasteiger partial charge in [0.05, 0.1) is 30.2 Å². The minimum absolute atomic E-state index is 0.0839. The van der Waals surface area contributed by atoms with Crippen molar-refractivity contribution in [3.8, 4) is 16.9 Å². The van der Waals surface area contributed by atoms with Crippen LogP contribution in [0.4, 0.5) is 4.79 Å². The first-order valence-corrected chi connectivity index (χ1v) is 16.2. The largest absolute Gasteiger partial charge is 0.444 e. The molecular formula is C33H35Cl2N9O4. The monoisotopic (exact) mass is 691 g/mol. The van der Waals surface area contributed by atoms with Gasteiger partial charge in [0.15, 0.2) is 0 Å². The molecular weight excluding hydrogens is 657 g/mol. The van der Waals surface area contributed by atoms with Crippen LogP contribution in [0.2, 0.25) is 10.2 Å². The third-order valence-electron chi connectivity index (χ3n) is 8.22. The summed E-state index contributed by atoms with van der Waals surface area (Å²) in [6.45, 7) is 8.23. The highest BCUT2D eigenvalue weighted by atomic mass is 35.5. The quantitative estimate of drug-likeness (QED) is 0.241. The highest BCUT2D eigenvalue weighted by molar-refractivity contribution is 6.32. The van der Waals surface area contributed by atoms with Gasteiger partial charge in [-0.3, -0.25) is 9.59 Å². The van der Waals surface area contributed by atoms with Crippen LogP contribution in [0.15, 0.2) is 54.9 Å². The van der Waals surface area contributed by atoms with Crippen molar-refractivity contribution in [2.75, 3.05) is 13.1 Å². The van der Waals surface area contributed by atoms with Gasteiger partial charge in [0.1, 0.15) is 28.6 Å². The number of nitrogens with zero attached hydrogens (tertiary/aromatic N) is 7. The number of hydrogen-bond acceptors (Lipinski definition) is 8. The van der Waals surface area contributed by atoms with Crippen LogP contribution in [-0.2, 0) is 14.3 Å². The molecule has 2 bridgehead atoms. The van der Waals surface area contributed by atoms with Gasteiger partial charge in [0, 0.05) is 35.3 Å². The number of tetrazole rings is 1. The molecule has 15 heteroatoms. The summed E-state index contributed by atoms with van der Waals surface area (Å²) in [4.78, 5) is 51.3. The zero-order valence-corrected chi connectivity index (χ0v) is 28.4. The fourth-order valence-corrected chi connectivity index (χ4v) is 6.41. The topological polar surface area (TPSA) is 151 Å². The average Bonchev–Trinajstić information content (AvgIpc) is 3.84. The Hall–Kier alpha value is -4.75. The molecule has 2 aliphatic rings. The summed E-state index contributed by atoms with van der Waals surface area (Å²) in [5, 5.41) is 15.0. The second-order valence-corrected chi connectivity index (χ2v) is 13.7. The van der Waals surface area contributed by atoms with Gasteiger partial charge in [0.2, 0.25) is 11.8 Å². The molecule has 13 nitrogen and oxygen atoms in total. The van der Waals surface area contributed by atoms with E-state index in [0.717, 1.165) is 11.1 Å². The number of likely N-dealkylation sites (tertiary alicyclic amines) is 2. The van der Waals surface area contributed by atoms with Crippen LogP contribution in [0.25, 0.3) is 23.0 Å². The van der Waals surface area contributed by atoms with Gasteiger partial charge in [0.25, 0.3) is 0 Å². The smallest absolute Gasteiger partial charge is 0.410 e. The second-order valence-electron chi connectivity index (χ2n) is 12.9. The SMILES string of the molecule is Cc1ccc(-c2nc([C@H](CC(=O)N3C[C@@H]4C[C@H]3CN4C(=O)OC(C)(C)C)NC(=O)/C=C/c3cc(Cl)ccc3-n3cnnn3)[nH]c2Cl)cc1. The minimum atomic E-state index is -0.842. The molecule has 2 aliphatic heterocycles. The Labute approximate surface area is 287 Å². The van der Waals surface area contributed by atoms with E-state index < -0.39 is 17.6 Å². The normalized spacial score (nSPS) is 18.0. The van der Waals surface area contributed by atoms with Gasteiger partial charge in [-0.05, 0) is 68.8 Å². The van der Waals surface area contributed by atoms with E-state index in [2.05, 4.69) is 25.8 Å². The van der Waals surface area contributed by atoms with Crippen molar-refractivity contribution in [1.29, 1.82) is 0 Å². The summed E-state index contributed by atoms with van der Waals surface area (Å²) in [6, 6.07) is 11.7. The lowest BCUT2D eigenvalue weighted by molar-refractivity contribution is -0.134. The van der Waals surface area contributed by atoms with E-state index in [9.17, 15) is 14.4 Å². The Bertz CT molecular complexity index is 1850. The molecule has 3 atom stereocenters. The Kier molecular flexibility index (Phi) is 9.26. The Morgan fingerprint density at radius 2 is 1.81 bits per heavy atom. The number of halogens is 2. The number of amides is 3. The fraction of sp³-hybridized carbons (Fsp3) is 0.364. The third-order valence-corrected chi connectivity index (χ3v) is 8.73. The molecule has 0 unspecified atom stereocenters. The van der Waals surface area contributed by atoms with Gasteiger partial charge < -0.3 is 24.8 Å². The second kappa shape index (κ2) is 13.4. The number of piperazine rings is 1. The van der Waals surface area contributed by atoms with Crippen LogP contribution in [0.5, 0.6) is 0 Å². The molecule has 2 fully saturated rings. The molecule has 4 heterocycles. The van der Waals surface area contributed by atoms with Crippen molar-refractivity contribution in [2.45, 2.75) is 64.3 Å². The van der Waals surface area contributed by atoms with Crippen molar-refractivity contribution in [3.05, 3.63) is 82.0 Å². The van der Waals surface area contributed by atoms with E-state index >= 15 is 0 Å². The standard InChI is InChI=1S/C33H35Cl2N9O4/c1-19-5-7-20(8-6-19)29-30(35)39-31(38-29)25(15-28(46)42-16-24-14-23(42)17-43(24)32(47)48-33(2,3)4)37-27(45)12-9-21-13-22(34)10-11-26(21)44-18-36-40-41-44/h5-13,18,23-25H,14-17H2,1-4H3,(H,37,45)(H,38,39)/b12-9+/t23-,24-,25-/m0/s1. The number of aromatic amines is 1. The summed E-state index contributed by atoms with van der Waals surface area (Å²) in [6.07, 6.45) is 4.58. The van der Waals surface area contributed by atoms with Crippen LogP contribution in [0, 0.1) is 6.92 Å². The number of carbonyl (C=O) groups excluding carboxylic acids is 3.